The first kappa shape index (κ1) is 14.6. The number of nitrogens with zero attached hydrogens (tertiary/aromatic N) is 2. The van der Waals surface area contributed by atoms with E-state index in [4.69, 9.17) is 5.26 Å². The van der Waals surface area contributed by atoms with Crippen LogP contribution in [-0.2, 0) is 0 Å². The lowest BCUT2D eigenvalue weighted by molar-refractivity contribution is 0.0458. The first-order valence-electron chi connectivity index (χ1n) is 8.18. The molecule has 112 valence electrons. The van der Waals surface area contributed by atoms with Crippen molar-refractivity contribution in [3.8, 4) is 6.07 Å². The van der Waals surface area contributed by atoms with E-state index in [1.807, 2.05) is 6.07 Å². The summed E-state index contributed by atoms with van der Waals surface area (Å²) in [5.41, 5.74) is 1.24. The van der Waals surface area contributed by atoms with E-state index >= 15 is 0 Å². The first-order chi connectivity index (χ1) is 10.3. The molecule has 1 aromatic carbocycles. The second-order valence-electron chi connectivity index (χ2n) is 6.56. The van der Waals surface area contributed by atoms with Gasteiger partial charge in [0.2, 0.25) is 0 Å². The Hall–Kier alpha value is -1.37. The van der Waals surface area contributed by atoms with E-state index in [1.54, 1.807) is 0 Å². The highest BCUT2D eigenvalue weighted by Crippen LogP contribution is 2.33. The SMILES string of the molecule is CN1C2CCCC1CC(NC(CC#N)c1ccccc1)C2. The lowest BCUT2D eigenvalue weighted by atomic mass is 9.82. The molecule has 2 aliphatic heterocycles. The summed E-state index contributed by atoms with van der Waals surface area (Å²) in [6.07, 6.45) is 7.04. The summed E-state index contributed by atoms with van der Waals surface area (Å²) in [7, 11) is 2.29. The van der Waals surface area contributed by atoms with E-state index < -0.39 is 0 Å². The third kappa shape index (κ3) is 3.28. The van der Waals surface area contributed by atoms with Crippen molar-refractivity contribution < 1.29 is 0 Å². The lowest BCUT2D eigenvalue weighted by Gasteiger charge is -2.47. The fraction of sp³-hybridized carbons (Fsp3) is 0.611. The maximum absolute atomic E-state index is 9.13. The Balaban J connectivity index is 1.68. The fourth-order valence-corrected chi connectivity index (χ4v) is 4.09. The summed E-state index contributed by atoms with van der Waals surface area (Å²) in [5.74, 6) is 0. The summed E-state index contributed by atoms with van der Waals surface area (Å²) >= 11 is 0. The number of piperidine rings is 2. The Morgan fingerprint density at radius 1 is 1.24 bits per heavy atom. The molecule has 0 spiro atoms. The van der Waals surface area contributed by atoms with Gasteiger partial charge in [0.1, 0.15) is 0 Å². The van der Waals surface area contributed by atoms with Crippen LogP contribution in [0.2, 0.25) is 0 Å². The van der Waals surface area contributed by atoms with Gasteiger partial charge < -0.3 is 10.2 Å². The molecule has 3 heteroatoms. The van der Waals surface area contributed by atoms with Gasteiger partial charge in [-0.25, -0.2) is 0 Å². The number of hydrogen-bond donors (Lipinski definition) is 1. The van der Waals surface area contributed by atoms with Gasteiger partial charge in [0.05, 0.1) is 12.5 Å². The Labute approximate surface area is 128 Å². The molecule has 3 nitrogen and oxygen atoms in total. The summed E-state index contributed by atoms with van der Waals surface area (Å²) in [5, 5.41) is 12.9. The van der Waals surface area contributed by atoms with Gasteiger partial charge >= 0.3 is 0 Å². The molecule has 2 heterocycles. The zero-order chi connectivity index (χ0) is 14.7. The minimum Gasteiger partial charge on any atom is -0.306 e. The highest BCUT2D eigenvalue weighted by Gasteiger charge is 2.36. The Bertz CT molecular complexity index is 479. The van der Waals surface area contributed by atoms with Gasteiger partial charge in [-0.2, -0.15) is 5.26 Å². The van der Waals surface area contributed by atoms with Crippen LogP contribution in [-0.4, -0.2) is 30.1 Å². The Morgan fingerprint density at radius 2 is 1.90 bits per heavy atom. The maximum atomic E-state index is 9.13. The fourth-order valence-electron chi connectivity index (χ4n) is 4.09. The molecule has 2 fully saturated rings. The molecule has 0 radical (unpaired) electrons. The molecule has 2 saturated heterocycles. The normalized spacial score (nSPS) is 30.6. The molecule has 2 aliphatic rings. The quantitative estimate of drug-likeness (QED) is 0.922. The van der Waals surface area contributed by atoms with Gasteiger partial charge in [0.15, 0.2) is 0 Å². The van der Waals surface area contributed by atoms with Crippen molar-refractivity contribution in [2.75, 3.05) is 7.05 Å². The average Bonchev–Trinajstić information content (AvgIpc) is 2.49. The number of benzene rings is 1. The van der Waals surface area contributed by atoms with Crippen molar-refractivity contribution in [2.45, 2.75) is 62.7 Å². The zero-order valence-electron chi connectivity index (χ0n) is 12.8. The highest BCUT2D eigenvalue weighted by atomic mass is 15.2. The van der Waals surface area contributed by atoms with Crippen LogP contribution in [0.3, 0.4) is 0 Å². The van der Waals surface area contributed by atoms with Crippen molar-refractivity contribution >= 4 is 0 Å². The minimum absolute atomic E-state index is 0.172. The van der Waals surface area contributed by atoms with Crippen LogP contribution in [0.5, 0.6) is 0 Å². The molecule has 0 aromatic heterocycles. The molecular weight excluding hydrogens is 258 g/mol. The molecule has 3 unspecified atom stereocenters. The second-order valence-corrected chi connectivity index (χ2v) is 6.56. The molecule has 21 heavy (non-hydrogen) atoms. The Morgan fingerprint density at radius 3 is 2.52 bits per heavy atom. The van der Waals surface area contributed by atoms with Crippen molar-refractivity contribution in [1.29, 1.82) is 5.26 Å². The third-order valence-corrected chi connectivity index (χ3v) is 5.27. The monoisotopic (exact) mass is 283 g/mol. The van der Waals surface area contributed by atoms with E-state index in [0.717, 1.165) is 12.1 Å². The van der Waals surface area contributed by atoms with Crippen LogP contribution < -0.4 is 5.32 Å². The minimum atomic E-state index is 0.172. The van der Waals surface area contributed by atoms with Crippen LogP contribution in [0.1, 0.15) is 50.1 Å². The molecular formula is C18H25N3. The van der Waals surface area contributed by atoms with Gasteiger partial charge in [0, 0.05) is 24.2 Å². The smallest absolute Gasteiger partial charge is 0.0641 e. The van der Waals surface area contributed by atoms with E-state index in [0.29, 0.717) is 12.5 Å². The van der Waals surface area contributed by atoms with Gasteiger partial charge in [-0.15, -0.1) is 0 Å². The molecule has 0 aliphatic carbocycles. The summed E-state index contributed by atoms with van der Waals surface area (Å²) in [4.78, 5) is 2.59. The predicted octanol–water partition coefficient (Wildman–Crippen LogP) is 3.25. The van der Waals surface area contributed by atoms with Gasteiger partial charge in [-0.3, -0.25) is 0 Å². The predicted molar refractivity (Wildman–Crippen MR) is 84.8 cm³/mol. The molecule has 2 bridgehead atoms. The van der Waals surface area contributed by atoms with Crippen LogP contribution in [0.4, 0.5) is 0 Å². The van der Waals surface area contributed by atoms with Gasteiger partial charge in [0.25, 0.3) is 0 Å². The molecule has 1 aromatic rings. The molecule has 0 saturated carbocycles. The number of rotatable bonds is 4. The number of hydrogen-bond acceptors (Lipinski definition) is 3. The van der Waals surface area contributed by atoms with Crippen LogP contribution >= 0.6 is 0 Å². The topological polar surface area (TPSA) is 39.1 Å². The Kier molecular flexibility index (Phi) is 4.57. The standard InChI is InChI=1S/C18H25N3/c1-21-16-8-5-9-17(21)13-15(12-16)20-18(10-11-19)14-6-3-2-4-7-14/h2-4,6-7,15-18,20H,5,8-10,12-13H2,1H3. The largest absolute Gasteiger partial charge is 0.306 e. The zero-order valence-corrected chi connectivity index (χ0v) is 12.8. The summed E-state index contributed by atoms with van der Waals surface area (Å²) in [6, 6.07) is 14.9. The van der Waals surface area contributed by atoms with E-state index in [1.165, 1.54) is 37.7 Å². The van der Waals surface area contributed by atoms with Gasteiger partial charge in [-0.1, -0.05) is 36.8 Å². The molecule has 1 N–H and O–H groups in total. The first-order valence-corrected chi connectivity index (χ1v) is 8.18. The maximum Gasteiger partial charge on any atom is 0.0641 e. The number of nitriles is 1. The third-order valence-electron chi connectivity index (χ3n) is 5.27. The summed E-state index contributed by atoms with van der Waals surface area (Å²) in [6.45, 7) is 0. The number of nitrogens with one attached hydrogen (secondary N) is 1. The second kappa shape index (κ2) is 6.60. The van der Waals surface area contributed by atoms with Crippen molar-refractivity contribution in [3.05, 3.63) is 35.9 Å². The van der Waals surface area contributed by atoms with Crippen molar-refractivity contribution in [1.82, 2.24) is 10.2 Å². The highest BCUT2D eigenvalue weighted by molar-refractivity contribution is 5.20. The van der Waals surface area contributed by atoms with E-state index in [9.17, 15) is 0 Å². The molecule has 3 rings (SSSR count). The molecule has 0 amide bonds. The average molecular weight is 283 g/mol. The number of fused-ring (bicyclic) bond motifs is 2. The van der Waals surface area contributed by atoms with Crippen molar-refractivity contribution in [3.63, 3.8) is 0 Å². The van der Waals surface area contributed by atoms with E-state index in [-0.39, 0.29) is 6.04 Å². The van der Waals surface area contributed by atoms with Crippen LogP contribution in [0.25, 0.3) is 0 Å². The van der Waals surface area contributed by atoms with E-state index in [2.05, 4.69) is 47.6 Å². The lowest BCUT2D eigenvalue weighted by Crippen LogP contribution is -2.54. The molecule has 3 atom stereocenters. The van der Waals surface area contributed by atoms with Crippen LogP contribution in [0.15, 0.2) is 30.3 Å². The van der Waals surface area contributed by atoms with Gasteiger partial charge in [-0.05, 0) is 38.3 Å². The summed E-state index contributed by atoms with van der Waals surface area (Å²) < 4.78 is 0. The van der Waals surface area contributed by atoms with Crippen LogP contribution in [0, 0.1) is 11.3 Å². The van der Waals surface area contributed by atoms with Crippen molar-refractivity contribution in [2.24, 2.45) is 0 Å².